The van der Waals surface area contributed by atoms with Crippen LogP contribution in [0.25, 0.3) is 0 Å². The van der Waals surface area contributed by atoms with Gasteiger partial charge in [-0.25, -0.2) is 0 Å². The Morgan fingerprint density at radius 3 is 2.96 bits per heavy atom. The molecule has 2 N–H and O–H groups in total. The molecule has 1 amide bonds. The molecule has 1 aromatic rings. The quantitative estimate of drug-likeness (QED) is 0.877. The predicted octanol–water partition coefficient (Wildman–Crippen LogP) is 1.84. The lowest BCUT2D eigenvalue weighted by Crippen LogP contribution is -2.42. The highest BCUT2D eigenvalue weighted by atomic mass is 32.1. The summed E-state index contributed by atoms with van der Waals surface area (Å²) in [5.41, 5.74) is 1.70. The van der Waals surface area contributed by atoms with E-state index in [0.29, 0.717) is 23.5 Å². The standard InChI is InChI=1S/C16H19N3O3S/c17-7-12-11-4-1-5-13(11)23-15(12)18-14(20)9-19-6-2-3-10(8-19)16(21)22/h10H,1-6,8-9H2,(H,18,20)(H,21,22). The summed E-state index contributed by atoms with van der Waals surface area (Å²) in [7, 11) is 0. The molecule has 0 spiro atoms. The number of fused-ring (bicyclic) bond motifs is 1. The fraction of sp³-hybridized carbons (Fsp3) is 0.562. The molecule has 0 saturated carbocycles. The number of anilines is 1. The lowest BCUT2D eigenvalue weighted by atomic mass is 9.98. The number of hydrogen-bond acceptors (Lipinski definition) is 5. The van der Waals surface area contributed by atoms with E-state index in [9.17, 15) is 14.9 Å². The molecule has 6 nitrogen and oxygen atoms in total. The molecule has 1 aliphatic heterocycles. The van der Waals surface area contributed by atoms with Crippen LogP contribution in [0.4, 0.5) is 5.00 Å². The molecule has 1 atom stereocenters. The molecule has 2 heterocycles. The number of rotatable bonds is 4. The number of nitrogens with zero attached hydrogens (tertiary/aromatic N) is 2. The van der Waals surface area contributed by atoms with Gasteiger partial charge in [-0.1, -0.05) is 0 Å². The highest BCUT2D eigenvalue weighted by Gasteiger charge is 2.27. The molecule has 1 unspecified atom stereocenters. The van der Waals surface area contributed by atoms with Crippen LogP contribution < -0.4 is 5.32 Å². The summed E-state index contributed by atoms with van der Waals surface area (Å²) in [4.78, 5) is 26.4. The topological polar surface area (TPSA) is 93.4 Å². The first kappa shape index (κ1) is 16.0. The second kappa shape index (κ2) is 6.69. The van der Waals surface area contributed by atoms with Crippen molar-refractivity contribution in [1.82, 2.24) is 4.90 Å². The molecule has 3 rings (SSSR count). The Labute approximate surface area is 138 Å². The smallest absolute Gasteiger partial charge is 0.307 e. The van der Waals surface area contributed by atoms with Crippen molar-refractivity contribution >= 4 is 28.2 Å². The van der Waals surface area contributed by atoms with Crippen LogP contribution in [0, 0.1) is 17.2 Å². The minimum absolute atomic E-state index is 0.174. The average molecular weight is 333 g/mol. The maximum Gasteiger partial charge on any atom is 0.307 e. The van der Waals surface area contributed by atoms with E-state index in [0.717, 1.165) is 37.8 Å². The second-order valence-corrected chi connectivity index (χ2v) is 7.24. The van der Waals surface area contributed by atoms with Gasteiger partial charge in [0.05, 0.1) is 18.0 Å². The van der Waals surface area contributed by atoms with Gasteiger partial charge in [0.25, 0.3) is 0 Å². The third-order valence-corrected chi connectivity index (χ3v) is 5.72. The van der Waals surface area contributed by atoms with E-state index in [1.54, 1.807) is 0 Å². The van der Waals surface area contributed by atoms with Crippen molar-refractivity contribution in [2.75, 3.05) is 25.0 Å². The summed E-state index contributed by atoms with van der Waals surface area (Å²) in [5.74, 6) is -1.36. The first-order valence-corrected chi connectivity index (χ1v) is 8.69. The summed E-state index contributed by atoms with van der Waals surface area (Å²) < 4.78 is 0. The number of thiophene rings is 1. The van der Waals surface area contributed by atoms with E-state index in [4.69, 9.17) is 5.11 Å². The Morgan fingerprint density at radius 2 is 2.22 bits per heavy atom. The minimum atomic E-state index is -0.795. The van der Waals surface area contributed by atoms with Gasteiger partial charge in [-0.05, 0) is 44.2 Å². The Hall–Kier alpha value is -1.91. The number of hydrogen-bond donors (Lipinski definition) is 2. The molecule has 1 aliphatic carbocycles. The zero-order valence-corrected chi connectivity index (χ0v) is 13.6. The Kier molecular flexibility index (Phi) is 4.64. The van der Waals surface area contributed by atoms with E-state index in [1.165, 1.54) is 16.2 Å². The van der Waals surface area contributed by atoms with Crippen molar-refractivity contribution in [3.05, 3.63) is 16.0 Å². The van der Waals surface area contributed by atoms with Crippen molar-refractivity contribution in [2.45, 2.75) is 32.1 Å². The van der Waals surface area contributed by atoms with Gasteiger partial charge in [0, 0.05) is 11.4 Å². The van der Waals surface area contributed by atoms with E-state index >= 15 is 0 Å². The molecule has 1 saturated heterocycles. The normalized spacial score (nSPS) is 20.7. The van der Waals surface area contributed by atoms with Gasteiger partial charge >= 0.3 is 5.97 Å². The fourth-order valence-corrected chi connectivity index (χ4v) is 4.64. The van der Waals surface area contributed by atoms with Crippen molar-refractivity contribution in [1.29, 1.82) is 5.26 Å². The molecule has 122 valence electrons. The molecule has 2 aliphatic rings. The van der Waals surface area contributed by atoms with Crippen LogP contribution in [0.1, 0.15) is 35.3 Å². The van der Waals surface area contributed by atoms with Crippen LogP contribution in [-0.4, -0.2) is 41.5 Å². The van der Waals surface area contributed by atoms with Gasteiger partial charge in [0.15, 0.2) is 0 Å². The van der Waals surface area contributed by atoms with Gasteiger partial charge < -0.3 is 10.4 Å². The largest absolute Gasteiger partial charge is 0.481 e. The lowest BCUT2D eigenvalue weighted by Gasteiger charge is -2.29. The predicted molar refractivity (Wildman–Crippen MR) is 86.5 cm³/mol. The van der Waals surface area contributed by atoms with Gasteiger partial charge in [0.2, 0.25) is 5.91 Å². The number of carbonyl (C=O) groups is 2. The van der Waals surface area contributed by atoms with E-state index < -0.39 is 11.9 Å². The number of carboxylic acid groups (broad SMARTS) is 1. The van der Waals surface area contributed by atoms with Crippen LogP contribution in [0.5, 0.6) is 0 Å². The Balaban J connectivity index is 1.62. The summed E-state index contributed by atoms with van der Waals surface area (Å²) in [6.45, 7) is 1.33. The van der Waals surface area contributed by atoms with Crippen molar-refractivity contribution in [3.8, 4) is 6.07 Å². The molecule has 23 heavy (non-hydrogen) atoms. The number of aryl methyl sites for hydroxylation is 1. The SMILES string of the molecule is N#Cc1c(NC(=O)CN2CCCC(C(=O)O)C2)sc2c1CCC2. The molecule has 0 aromatic carbocycles. The van der Waals surface area contributed by atoms with Gasteiger partial charge in [-0.2, -0.15) is 5.26 Å². The number of piperidine rings is 1. The first-order chi connectivity index (χ1) is 11.1. The van der Waals surface area contributed by atoms with Gasteiger partial charge in [-0.15, -0.1) is 11.3 Å². The number of amides is 1. The van der Waals surface area contributed by atoms with E-state index in [1.807, 2.05) is 4.90 Å². The number of nitrogens with one attached hydrogen (secondary N) is 1. The summed E-state index contributed by atoms with van der Waals surface area (Å²) in [5, 5.41) is 21.9. The van der Waals surface area contributed by atoms with Crippen LogP contribution >= 0.6 is 11.3 Å². The molecule has 1 aromatic heterocycles. The van der Waals surface area contributed by atoms with Crippen molar-refractivity contribution < 1.29 is 14.7 Å². The maximum atomic E-state index is 12.2. The molecule has 0 bridgehead atoms. The number of carbonyl (C=O) groups excluding carboxylic acids is 1. The summed E-state index contributed by atoms with van der Waals surface area (Å²) in [6, 6.07) is 2.21. The van der Waals surface area contributed by atoms with E-state index in [-0.39, 0.29) is 12.5 Å². The van der Waals surface area contributed by atoms with Crippen LogP contribution in [0.15, 0.2) is 0 Å². The second-order valence-electron chi connectivity index (χ2n) is 6.13. The molecular formula is C16H19N3O3S. The molecular weight excluding hydrogens is 314 g/mol. The van der Waals surface area contributed by atoms with Gasteiger partial charge in [-0.3, -0.25) is 14.5 Å². The number of likely N-dealkylation sites (tertiary alicyclic amines) is 1. The number of nitriles is 1. The summed E-state index contributed by atoms with van der Waals surface area (Å²) in [6.07, 6.45) is 4.44. The highest BCUT2D eigenvalue weighted by Crippen LogP contribution is 2.38. The molecule has 1 fully saturated rings. The third-order valence-electron chi connectivity index (χ3n) is 4.51. The van der Waals surface area contributed by atoms with E-state index in [2.05, 4.69) is 11.4 Å². The van der Waals surface area contributed by atoms with Crippen LogP contribution in [-0.2, 0) is 22.4 Å². The Morgan fingerprint density at radius 1 is 1.39 bits per heavy atom. The third kappa shape index (κ3) is 3.38. The Bertz CT molecular complexity index is 677. The number of aliphatic carboxylic acids is 1. The molecule has 7 heteroatoms. The van der Waals surface area contributed by atoms with Crippen molar-refractivity contribution in [3.63, 3.8) is 0 Å². The fourth-order valence-electron chi connectivity index (χ4n) is 3.38. The van der Waals surface area contributed by atoms with Crippen LogP contribution in [0.3, 0.4) is 0 Å². The first-order valence-electron chi connectivity index (χ1n) is 7.88. The monoisotopic (exact) mass is 333 g/mol. The lowest BCUT2D eigenvalue weighted by molar-refractivity contribution is -0.144. The maximum absolute atomic E-state index is 12.2. The van der Waals surface area contributed by atoms with Crippen molar-refractivity contribution in [2.24, 2.45) is 5.92 Å². The highest BCUT2D eigenvalue weighted by molar-refractivity contribution is 7.16. The summed E-state index contributed by atoms with van der Waals surface area (Å²) >= 11 is 1.50. The zero-order valence-electron chi connectivity index (χ0n) is 12.8. The number of carboxylic acids is 1. The van der Waals surface area contributed by atoms with Gasteiger partial charge in [0.1, 0.15) is 11.1 Å². The minimum Gasteiger partial charge on any atom is -0.481 e. The molecule has 0 radical (unpaired) electrons. The zero-order chi connectivity index (χ0) is 16.4. The average Bonchev–Trinajstić information content (AvgIpc) is 3.07. The van der Waals surface area contributed by atoms with Crippen LogP contribution in [0.2, 0.25) is 0 Å².